The van der Waals surface area contributed by atoms with E-state index in [1.165, 1.54) is 31.2 Å². The van der Waals surface area contributed by atoms with Crippen molar-refractivity contribution in [2.45, 2.75) is 57.9 Å². The molecule has 2 nitrogen and oxygen atoms in total. The lowest BCUT2D eigenvalue weighted by molar-refractivity contribution is -0.117. The molecule has 0 spiro atoms. The number of fused-ring (bicyclic) bond motifs is 2. The molecule has 1 aromatic carbocycles. The smallest absolute Gasteiger partial charge is 0.244 e. The van der Waals surface area contributed by atoms with Crippen molar-refractivity contribution in [1.82, 2.24) is 5.32 Å². The van der Waals surface area contributed by atoms with E-state index in [0.29, 0.717) is 6.04 Å². The monoisotopic (exact) mass is 297 g/mol. The molecule has 1 aromatic rings. The third-order valence-electron chi connectivity index (χ3n) is 5.27. The van der Waals surface area contributed by atoms with Crippen molar-refractivity contribution in [1.29, 1.82) is 0 Å². The average molecular weight is 297 g/mol. The molecule has 2 saturated carbocycles. The molecule has 2 bridgehead atoms. The van der Waals surface area contributed by atoms with Crippen molar-refractivity contribution >= 4 is 12.0 Å². The van der Waals surface area contributed by atoms with Gasteiger partial charge in [-0.05, 0) is 53.7 Å². The maximum absolute atomic E-state index is 12.1. The van der Waals surface area contributed by atoms with Gasteiger partial charge in [0.25, 0.3) is 0 Å². The summed E-state index contributed by atoms with van der Waals surface area (Å²) in [6, 6.07) is 8.88. The minimum absolute atomic E-state index is 0.0532. The van der Waals surface area contributed by atoms with Gasteiger partial charge < -0.3 is 5.32 Å². The molecule has 1 amide bonds. The molecule has 22 heavy (non-hydrogen) atoms. The maximum atomic E-state index is 12.1. The maximum Gasteiger partial charge on any atom is 0.244 e. The zero-order valence-electron chi connectivity index (χ0n) is 13.9. The third-order valence-corrected chi connectivity index (χ3v) is 5.27. The molecule has 0 aromatic heterocycles. The van der Waals surface area contributed by atoms with Crippen molar-refractivity contribution < 1.29 is 4.79 Å². The lowest BCUT2D eigenvalue weighted by atomic mass is 9.87. The molecule has 0 heterocycles. The minimum atomic E-state index is 0.0532. The van der Waals surface area contributed by atoms with E-state index in [1.54, 1.807) is 6.08 Å². The van der Waals surface area contributed by atoms with Crippen LogP contribution in [0, 0.1) is 11.8 Å². The van der Waals surface area contributed by atoms with E-state index >= 15 is 0 Å². The summed E-state index contributed by atoms with van der Waals surface area (Å²) in [7, 11) is 0. The van der Waals surface area contributed by atoms with Crippen LogP contribution in [0.15, 0.2) is 30.3 Å². The fourth-order valence-electron chi connectivity index (χ4n) is 3.92. The summed E-state index contributed by atoms with van der Waals surface area (Å²) < 4.78 is 0. The second-order valence-electron chi connectivity index (χ2n) is 8.00. The largest absolute Gasteiger partial charge is 0.350 e. The molecule has 118 valence electrons. The number of rotatable bonds is 3. The van der Waals surface area contributed by atoms with E-state index in [0.717, 1.165) is 17.4 Å². The van der Waals surface area contributed by atoms with E-state index < -0.39 is 0 Å². The van der Waals surface area contributed by atoms with Crippen molar-refractivity contribution in [2.75, 3.05) is 0 Å². The van der Waals surface area contributed by atoms with Gasteiger partial charge in [-0.25, -0.2) is 0 Å². The Morgan fingerprint density at radius 2 is 1.86 bits per heavy atom. The number of hydrogen-bond acceptors (Lipinski definition) is 1. The Kier molecular flexibility index (Phi) is 4.12. The lowest BCUT2D eigenvalue weighted by Gasteiger charge is -2.22. The molecule has 3 rings (SSSR count). The average Bonchev–Trinajstić information content (AvgIpc) is 3.07. The first-order valence-electron chi connectivity index (χ1n) is 8.51. The van der Waals surface area contributed by atoms with Gasteiger partial charge in [-0.3, -0.25) is 4.79 Å². The summed E-state index contributed by atoms with van der Waals surface area (Å²) in [6.07, 6.45) is 8.76. The molecule has 2 aliphatic carbocycles. The van der Waals surface area contributed by atoms with E-state index in [1.807, 2.05) is 6.08 Å². The molecule has 0 saturated heterocycles. The standard InChI is InChI=1S/C20H27NO/c1-20(2,3)17-9-5-14(6-10-17)7-11-19(22)21-18-13-15-4-8-16(18)12-15/h5-7,9-11,15-16,18H,4,8,12-13H2,1-3H3,(H,21,22)/b11-7+/t15-,16-,18-/m1/s1. The van der Waals surface area contributed by atoms with Crippen LogP contribution in [-0.2, 0) is 10.2 Å². The van der Waals surface area contributed by atoms with E-state index in [2.05, 4.69) is 50.4 Å². The predicted octanol–water partition coefficient (Wildman–Crippen LogP) is 4.30. The van der Waals surface area contributed by atoms with Gasteiger partial charge in [-0.15, -0.1) is 0 Å². The highest BCUT2D eigenvalue weighted by molar-refractivity contribution is 5.91. The van der Waals surface area contributed by atoms with Crippen LogP contribution in [0.3, 0.4) is 0 Å². The van der Waals surface area contributed by atoms with E-state index in [9.17, 15) is 4.79 Å². The first kappa shape index (κ1) is 15.3. The van der Waals surface area contributed by atoms with Gasteiger partial charge in [0.1, 0.15) is 0 Å². The van der Waals surface area contributed by atoms with Crippen molar-refractivity contribution in [2.24, 2.45) is 11.8 Å². The highest BCUT2D eigenvalue weighted by atomic mass is 16.1. The molecule has 2 heteroatoms. The Bertz CT molecular complexity index is 564. The SMILES string of the molecule is CC(C)(C)c1ccc(/C=C/C(=O)N[C@@H]2C[C@@H]3CC[C@@H]2C3)cc1. The number of nitrogens with one attached hydrogen (secondary N) is 1. The number of hydrogen-bond donors (Lipinski definition) is 1. The Morgan fingerprint density at radius 1 is 1.14 bits per heavy atom. The highest BCUT2D eigenvalue weighted by Crippen LogP contribution is 2.44. The molecule has 0 aliphatic heterocycles. The Hall–Kier alpha value is -1.57. The van der Waals surface area contributed by atoms with E-state index in [-0.39, 0.29) is 11.3 Å². The summed E-state index contributed by atoms with van der Waals surface area (Å²) >= 11 is 0. The summed E-state index contributed by atoms with van der Waals surface area (Å²) in [5.74, 6) is 1.65. The number of carbonyl (C=O) groups is 1. The number of benzene rings is 1. The third kappa shape index (κ3) is 3.43. The molecular weight excluding hydrogens is 270 g/mol. The highest BCUT2D eigenvalue weighted by Gasteiger charge is 2.39. The van der Waals surface area contributed by atoms with Crippen molar-refractivity contribution in [3.63, 3.8) is 0 Å². The van der Waals surface area contributed by atoms with Crippen LogP contribution in [0.2, 0.25) is 0 Å². The fraction of sp³-hybridized carbons (Fsp3) is 0.550. The fourth-order valence-corrected chi connectivity index (χ4v) is 3.92. The van der Waals surface area contributed by atoms with Gasteiger partial charge >= 0.3 is 0 Å². The Balaban J connectivity index is 1.56. The molecule has 2 fully saturated rings. The quantitative estimate of drug-likeness (QED) is 0.828. The Morgan fingerprint density at radius 3 is 2.41 bits per heavy atom. The van der Waals surface area contributed by atoms with Crippen LogP contribution < -0.4 is 5.32 Å². The van der Waals surface area contributed by atoms with E-state index in [4.69, 9.17) is 0 Å². The van der Waals surface area contributed by atoms with Gasteiger partial charge in [-0.2, -0.15) is 0 Å². The molecule has 3 atom stereocenters. The zero-order valence-corrected chi connectivity index (χ0v) is 13.9. The van der Waals surface area contributed by atoms with Crippen LogP contribution >= 0.6 is 0 Å². The second kappa shape index (κ2) is 5.91. The summed E-state index contributed by atoms with van der Waals surface area (Å²) in [5, 5.41) is 3.19. The minimum Gasteiger partial charge on any atom is -0.350 e. The van der Waals surface area contributed by atoms with Crippen LogP contribution in [0.4, 0.5) is 0 Å². The number of carbonyl (C=O) groups excluding carboxylic acids is 1. The molecule has 0 radical (unpaired) electrons. The molecule has 2 aliphatic rings. The van der Waals surface area contributed by atoms with Crippen LogP contribution in [-0.4, -0.2) is 11.9 Å². The van der Waals surface area contributed by atoms with Gasteiger partial charge in [0, 0.05) is 12.1 Å². The molecule has 1 N–H and O–H groups in total. The van der Waals surface area contributed by atoms with Crippen molar-refractivity contribution in [3.05, 3.63) is 41.5 Å². The lowest BCUT2D eigenvalue weighted by Crippen LogP contribution is -2.37. The van der Waals surface area contributed by atoms with Gasteiger partial charge in [0.2, 0.25) is 5.91 Å². The van der Waals surface area contributed by atoms with Gasteiger partial charge in [0.15, 0.2) is 0 Å². The van der Waals surface area contributed by atoms with Crippen LogP contribution in [0.25, 0.3) is 6.08 Å². The predicted molar refractivity (Wildman–Crippen MR) is 91.6 cm³/mol. The summed E-state index contributed by atoms with van der Waals surface area (Å²) in [5.41, 5.74) is 2.56. The van der Waals surface area contributed by atoms with Gasteiger partial charge in [-0.1, -0.05) is 51.5 Å². The first-order chi connectivity index (χ1) is 10.4. The number of amides is 1. The summed E-state index contributed by atoms with van der Waals surface area (Å²) in [6.45, 7) is 6.63. The Labute approximate surface area is 134 Å². The van der Waals surface area contributed by atoms with Gasteiger partial charge in [0.05, 0.1) is 0 Å². The van der Waals surface area contributed by atoms with Crippen molar-refractivity contribution in [3.8, 4) is 0 Å². The molecule has 0 unspecified atom stereocenters. The first-order valence-corrected chi connectivity index (χ1v) is 8.51. The van der Waals surface area contributed by atoms with Crippen LogP contribution in [0.5, 0.6) is 0 Å². The molecular formula is C20H27NO. The normalized spacial score (nSPS) is 27.5. The van der Waals surface area contributed by atoms with Crippen LogP contribution in [0.1, 0.15) is 57.6 Å². The zero-order chi connectivity index (χ0) is 15.7. The summed E-state index contributed by atoms with van der Waals surface area (Å²) in [4.78, 5) is 12.1. The second-order valence-corrected chi connectivity index (χ2v) is 8.00. The topological polar surface area (TPSA) is 29.1 Å².